The fourth-order valence-electron chi connectivity index (χ4n) is 3.86. The van der Waals surface area contributed by atoms with Gasteiger partial charge in [-0.05, 0) is 43.3 Å². The summed E-state index contributed by atoms with van der Waals surface area (Å²) in [7, 11) is 0. The van der Waals surface area contributed by atoms with Crippen LogP contribution >= 0.6 is 11.6 Å². The number of ketones is 3. The average molecular weight is 427 g/mol. The molecule has 30 heavy (non-hydrogen) atoms. The third-order valence-electron chi connectivity index (χ3n) is 5.48. The highest BCUT2D eigenvalue weighted by Crippen LogP contribution is 2.48. The van der Waals surface area contributed by atoms with E-state index in [1.54, 1.807) is 17.0 Å². The van der Waals surface area contributed by atoms with Gasteiger partial charge in [0.1, 0.15) is 16.5 Å². The van der Waals surface area contributed by atoms with Crippen molar-refractivity contribution in [1.82, 2.24) is 0 Å². The topological polar surface area (TPSA) is 98.2 Å². The molecule has 4 rings (SSSR count). The van der Waals surface area contributed by atoms with E-state index >= 15 is 0 Å². The number of piperazine rings is 1. The Morgan fingerprint density at radius 3 is 1.90 bits per heavy atom. The van der Waals surface area contributed by atoms with E-state index in [2.05, 4.69) is 4.90 Å². The normalized spacial score (nSPS) is 16.1. The molecule has 0 spiro atoms. The number of Topliss-reactive ketones (excluding diaryl/α,β-unsaturated/α-hetero) is 1. The maximum Gasteiger partial charge on any atom is 0.190 e. The van der Waals surface area contributed by atoms with Gasteiger partial charge in [-0.1, -0.05) is 11.6 Å². The van der Waals surface area contributed by atoms with Crippen LogP contribution in [0.2, 0.25) is 5.02 Å². The summed E-state index contributed by atoms with van der Waals surface area (Å²) < 4.78 is 0. The Bertz CT molecular complexity index is 1100. The number of phenolic OH excluding ortho intramolecular Hbond substituents is 2. The van der Waals surface area contributed by atoms with Gasteiger partial charge in [-0.2, -0.15) is 0 Å². The summed E-state index contributed by atoms with van der Waals surface area (Å²) in [5.41, 5.74) is 1.27. The number of allylic oxidation sites excluding steroid dienone is 2. The molecule has 1 saturated heterocycles. The zero-order chi connectivity index (χ0) is 21.6. The molecule has 154 valence electrons. The minimum absolute atomic E-state index is 0.00609. The van der Waals surface area contributed by atoms with Gasteiger partial charge in [0.15, 0.2) is 23.1 Å². The summed E-state index contributed by atoms with van der Waals surface area (Å²) in [6.07, 6.45) is 2.13. The number of benzene rings is 2. The van der Waals surface area contributed by atoms with Crippen LogP contribution in [-0.4, -0.2) is 53.7 Å². The van der Waals surface area contributed by atoms with E-state index in [1.165, 1.54) is 6.92 Å². The number of hydrogen-bond donors (Lipinski definition) is 2. The molecule has 8 heteroatoms. The van der Waals surface area contributed by atoms with Crippen LogP contribution in [0.15, 0.2) is 36.4 Å². The minimum Gasteiger partial charge on any atom is -0.505 e. The molecule has 1 heterocycles. The van der Waals surface area contributed by atoms with Crippen molar-refractivity contribution < 1.29 is 24.6 Å². The van der Waals surface area contributed by atoms with Crippen LogP contribution in [-0.2, 0) is 0 Å². The molecule has 1 aliphatic carbocycles. The highest BCUT2D eigenvalue weighted by atomic mass is 35.5. The molecule has 0 unspecified atom stereocenters. The lowest BCUT2D eigenvalue weighted by Crippen LogP contribution is -2.46. The number of fused-ring (bicyclic) bond motifs is 1. The zero-order valence-corrected chi connectivity index (χ0v) is 16.9. The molecule has 2 aromatic carbocycles. The van der Waals surface area contributed by atoms with Crippen LogP contribution < -0.4 is 9.80 Å². The van der Waals surface area contributed by atoms with Gasteiger partial charge in [0.25, 0.3) is 0 Å². The smallest absolute Gasteiger partial charge is 0.190 e. The number of carbonyl (C=O) groups excluding carboxylic acids is 3. The van der Waals surface area contributed by atoms with Crippen molar-refractivity contribution in [2.24, 2.45) is 0 Å². The Labute approximate surface area is 177 Å². The van der Waals surface area contributed by atoms with E-state index in [4.69, 9.17) is 11.6 Å². The Morgan fingerprint density at radius 1 is 0.867 bits per heavy atom. The molecule has 0 amide bonds. The average Bonchev–Trinajstić information content (AvgIpc) is 2.74. The second-order valence-electron chi connectivity index (χ2n) is 7.25. The van der Waals surface area contributed by atoms with E-state index < -0.39 is 23.1 Å². The van der Waals surface area contributed by atoms with E-state index in [0.29, 0.717) is 31.7 Å². The number of nitrogens with zero attached hydrogens (tertiary/aromatic N) is 2. The maximum absolute atomic E-state index is 12.3. The lowest BCUT2D eigenvalue weighted by Gasteiger charge is -2.38. The maximum atomic E-state index is 12.3. The van der Waals surface area contributed by atoms with E-state index in [9.17, 15) is 24.6 Å². The van der Waals surface area contributed by atoms with Crippen LogP contribution in [0.5, 0.6) is 11.5 Å². The molecule has 2 N–H and O–H groups in total. The number of aromatic hydroxyl groups is 2. The zero-order valence-electron chi connectivity index (χ0n) is 16.2. The number of anilines is 2. The molecule has 2 aliphatic rings. The van der Waals surface area contributed by atoms with Gasteiger partial charge in [-0.15, -0.1) is 0 Å². The Morgan fingerprint density at radius 2 is 1.37 bits per heavy atom. The third kappa shape index (κ3) is 3.21. The molecule has 0 aromatic heterocycles. The van der Waals surface area contributed by atoms with Crippen LogP contribution in [0.1, 0.15) is 38.0 Å². The number of carbonyl (C=O) groups is 3. The Kier molecular flexibility index (Phi) is 4.99. The summed E-state index contributed by atoms with van der Waals surface area (Å²) in [6.45, 7) is 3.65. The van der Waals surface area contributed by atoms with Crippen LogP contribution in [0, 0.1) is 0 Å². The summed E-state index contributed by atoms with van der Waals surface area (Å²) >= 11 is 6.30. The monoisotopic (exact) mass is 426 g/mol. The van der Waals surface area contributed by atoms with E-state index in [1.807, 2.05) is 12.1 Å². The molecule has 0 saturated carbocycles. The van der Waals surface area contributed by atoms with Crippen molar-refractivity contribution in [2.75, 3.05) is 36.0 Å². The molecular weight excluding hydrogens is 408 g/mol. The molecule has 1 fully saturated rings. The van der Waals surface area contributed by atoms with Crippen LogP contribution in [0.4, 0.5) is 11.4 Å². The second kappa shape index (κ2) is 7.50. The first-order valence-electron chi connectivity index (χ1n) is 9.44. The number of phenols is 2. The Balaban J connectivity index is 1.61. The van der Waals surface area contributed by atoms with Crippen molar-refractivity contribution >= 4 is 40.3 Å². The third-order valence-corrected chi connectivity index (χ3v) is 5.84. The van der Waals surface area contributed by atoms with Crippen LogP contribution in [0.3, 0.4) is 0 Å². The molecule has 7 nitrogen and oxygen atoms in total. The first-order chi connectivity index (χ1) is 14.3. The van der Waals surface area contributed by atoms with E-state index in [0.717, 1.165) is 17.8 Å². The summed E-state index contributed by atoms with van der Waals surface area (Å²) in [5.74, 6) is -2.02. The minimum atomic E-state index is -0.579. The molecule has 2 aromatic rings. The lowest BCUT2D eigenvalue weighted by atomic mass is 9.91. The fraction of sp³-hybridized carbons (Fsp3) is 0.227. The lowest BCUT2D eigenvalue weighted by molar-refractivity contribution is 0.0989. The molecular formula is C22H19ClN2O5. The first kappa shape index (κ1) is 20.0. The predicted molar refractivity (Wildman–Crippen MR) is 113 cm³/mol. The molecule has 0 radical (unpaired) electrons. The van der Waals surface area contributed by atoms with Gasteiger partial charge in [0.2, 0.25) is 0 Å². The van der Waals surface area contributed by atoms with Crippen molar-refractivity contribution in [2.45, 2.75) is 6.92 Å². The van der Waals surface area contributed by atoms with Gasteiger partial charge in [0, 0.05) is 37.4 Å². The fourth-order valence-corrected chi connectivity index (χ4v) is 4.17. The summed E-state index contributed by atoms with van der Waals surface area (Å²) in [4.78, 5) is 39.7. The van der Waals surface area contributed by atoms with Gasteiger partial charge in [0.05, 0.1) is 11.1 Å². The molecule has 0 bridgehead atoms. The van der Waals surface area contributed by atoms with Gasteiger partial charge in [-0.25, -0.2) is 0 Å². The van der Waals surface area contributed by atoms with Gasteiger partial charge < -0.3 is 20.0 Å². The highest BCUT2D eigenvalue weighted by Gasteiger charge is 2.34. The van der Waals surface area contributed by atoms with Crippen molar-refractivity contribution in [3.05, 3.63) is 58.1 Å². The Hall–Kier alpha value is -3.32. The predicted octanol–water partition coefficient (Wildman–Crippen LogP) is 3.22. The van der Waals surface area contributed by atoms with Crippen LogP contribution in [0.25, 0.3) is 0 Å². The van der Waals surface area contributed by atoms with Crippen molar-refractivity contribution in [3.8, 4) is 11.5 Å². The van der Waals surface area contributed by atoms with Gasteiger partial charge >= 0.3 is 0 Å². The first-order valence-corrected chi connectivity index (χ1v) is 9.82. The van der Waals surface area contributed by atoms with Crippen molar-refractivity contribution in [1.29, 1.82) is 0 Å². The van der Waals surface area contributed by atoms with Gasteiger partial charge in [-0.3, -0.25) is 14.4 Å². The standard InChI is InChI=1S/C22H19ClN2O5/c1-12(26)13-2-4-14(5-3-13)24-8-10-25(11-9-24)20-19(23)21(29)17-15(27)6-7-16(28)18(17)22(20)30/h2-7,29-30H,8-11H2,1H3. The number of halogens is 1. The highest BCUT2D eigenvalue weighted by molar-refractivity contribution is 6.37. The second-order valence-corrected chi connectivity index (χ2v) is 7.63. The van der Waals surface area contributed by atoms with E-state index in [-0.39, 0.29) is 27.6 Å². The summed E-state index contributed by atoms with van der Waals surface area (Å²) in [6, 6.07) is 7.34. The molecule has 0 atom stereocenters. The quantitative estimate of drug-likeness (QED) is 0.574. The summed E-state index contributed by atoms with van der Waals surface area (Å²) in [5, 5.41) is 21.1. The number of rotatable bonds is 3. The molecule has 1 aliphatic heterocycles. The SMILES string of the molecule is CC(=O)c1ccc(N2CCN(c3c(O)c4c(c(O)c3Cl)C(=O)C=CC4=O)CC2)cc1. The largest absolute Gasteiger partial charge is 0.505 e. The van der Waals surface area contributed by atoms with Crippen molar-refractivity contribution in [3.63, 3.8) is 0 Å². The number of hydrogen-bond acceptors (Lipinski definition) is 7.